The van der Waals surface area contributed by atoms with Crippen LogP contribution in [0, 0.1) is 18.3 Å². The van der Waals surface area contributed by atoms with Crippen LogP contribution in [0.25, 0.3) is 6.08 Å². The van der Waals surface area contributed by atoms with Crippen molar-refractivity contribution in [1.82, 2.24) is 0 Å². The Bertz CT molecular complexity index is 790. The first-order chi connectivity index (χ1) is 11.0. The van der Waals surface area contributed by atoms with E-state index in [2.05, 4.69) is 5.32 Å². The first-order valence-corrected chi connectivity index (χ1v) is 7.24. The second-order valence-corrected chi connectivity index (χ2v) is 5.29. The minimum Gasteiger partial charge on any atom is -0.497 e. The Morgan fingerprint density at radius 1 is 1.26 bits per heavy atom. The van der Waals surface area contributed by atoms with Crippen LogP contribution in [0.4, 0.5) is 5.69 Å². The Morgan fingerprint density at radius 2 is 1.96 bits per heavy atom. The zero-order valence-electron chi connectivity index (χ0n) is 12.8. The smallest absolute Gasteiger partial charge is 0.266 e. The lowest BCUT2D eigenvalue weighted by atomic mass is 10.1. The van der Waals surface area contributed by atoms with E-state index in [0.29, 0.717) is 10.7 Å². The summed E-state index contributed by atoms with van der Waals surface area (Å²) in [5.74, 6) is 0.258. The van der Waals surface area contributed by atoms with Gasteiger partial charge < -0.3 is 10.1 Å². The fraction of sp³-hybridized carbons (Fsp3) is 0.111. The number of methoxy groups -OCH3 is 1. The average Bonchev–Trinajstić information content (AvgIpc) is 2.55. The molecule has 0 heterocycles. The first-order valence-electron chi connectivity index (χ1n) is 6.87. The molecule has 0 bridgehead atoms. The van der Waals surface area contributed by atoms with Gasteiger partial charge in [0.15, 0.2) is 0 Å². The molecular formula is C18H15ClN2O2. The number of aryl methyl sites for hydroxylation is 1. The molecule has 0 aliphatic rings. The molecule has 0 aliphatic heterocycles. The number of rotatable bonds is 4. The molecule has 0 atom stereocenters. The predicted molar refractivity (Wildman–Crippen MR) is 91.4 cm³/mol. The van der Waals surface area contributed by atoms with Crippen LogP contribution in [0.15, 0.2) is 48.0 Å². The van der Waals surface area contributed by atoms with E-state index >= 15 is 0 Å². The molecule has 0 unspecified atom stereocenters. The Balaban J connectivity index is 2.23. The number of ether oxygens (including phenoxy) is 1. The number of carbonyl (C=O) groups is 1. The van der Waals surface area contributed by atoms with Crippen LogP contribution >= 0.6 is 11.6 Å². The number of benzene rings is 2. The van der Waals surface area contributed by atoms with Gasteiger partial charge in [-0.15, -0.1) is 0 Å². The average molecular weight is 327 g/mol. The maximum Gasteiger partial charge on any atom is 0.266 e. The highest BCUT2D eigenvalue weighted by molar-refractivity contribution is 6.30. The molecule has 2 rings (SSSR count). The molecule has 1 amide bonds. The lowest BCUT2D eigenvalue weighted by Crippen LogP contribution is -2.13. The number of nitrogens with one attached hydrogen (secondary N) is 1. The Hall–Kier alpha value is -2.77. The number of halogens is 1. The molecule has 4 nitrogen and oxygen atoms in total. The second kappa shape index (κ2) is 7.48. The summed E-state index contributed by atoms with van der Waals surface area (Å²) in [6.07, 6.45) is 1.56. The number of nitrogens with zero attached hydrogens (tertiary/aromatic N) is 1. The van der Waals surface area contributed by atoms with E-state index in [1.54, 1.807) is 49.6 Å². The lowest BCUT2D eigenvalue weighted by Gasteiger charge is -2.06. The van der Waals surface area contributed by atoms with Crippen molar-refractivity contribution in [2.75, 3.05) is 12.4 Å². The monoisotopic (exact) mass is 326 g/mol. The highest BCUT2D eigenvalue weighted by Gasteiger charge is 2.10. The standard InChI is InChI=1S/C18H15ClN2O2/c1-12-9-17(23-2)8-3-13(12)10-14(11-20)18(22)21-16-6-4-15(19)5-7-16/h3-10H,1-2H3,(H,21,22)/b14-10+. The minimum atomic E-state index is -0.468. The van der Waals surface area contributed by atoms with Crippen molar-refractivity contribution in [2.45, 2.75) is 6.92 Å². The van der Waals surface area contributed by atoms with Crippen molar-refractivity contribution < 1.29 is 9.53 Å². The van der Waals surface area contributed by atoms with Gasteiger partial charge in [-0.1, -0.05) is 17.7 Å². The highest BCUT2D eigenvalue weighted by Crippen LogP contribution is 2.20. The molecule has 0 fully saturated rings. The van der Waals surface area contributed by atoms with Crippen LogP contribution in [-0.2, 0) is 4.79 Å². The number of hydrogen-bond donors (Lipinski definition) is 1. The van der Waals surface area contributed by atoms with Crippen molar-refractivity contribution in [3.05, 3.63) is 64.2 Å². The van der Waals surface area contributed by atoms with Crippen molar-refractivity contribution in [1.29, 1.82) is 5.26 Å². The fourth-order valence-corrected chi connectivity index (χ4v) is 2.10. The van der Waals surface area contributed by atoms with E-state index in [1.807, 2.05) is 19.1 Å². The van der Waals surface area contributed by atoms with Gasteiger partial charge in [-0.2, -0.15) is 5.26 Å². The van der Waals surface area contributed by atoms with Gasteiger partial charge in [0.1, 0.15) is 17.4 Å². The number of carbonyl (C=O) groups excluding carboxylic acids is 1. The van der Waals surface area contributed by atoms with E-state index < -0.39 is 5.91 Å². The van der Waals surface area contributed by atoms with Crippen molar-refractivity contribution >= 4 is 29.3 Å². The van der Waals surface area contributed by atoms with Crippen LogP contribution < -0.4 is 10.1 Å². The summed E-state index contributed by atoms with van der Waals surface area (Å²) in [6.45, 7) is 1.89. The van der Waals surface area contributed by atoms with Gasteiger partial charge in [-0.05, 0) is 60.5 Å². The van der Waals surface area contributed by atoms with Crippen LogP contribution in [0.2, 0.25) is 5.02 Å². The molecule has 0 radical (unpaired) electrons. The van der Waals surface area contributed by atoms with E-state index in [4.69, 9.17) is 16.3 Å². The highest BCUT2D eigenvalue weighted by atomic mass is 35.5. The van der Waals surface area contributed by atoms with Crippen LogP contribution in [0.1, 0.15) is 11.1 Å². The topological polar surface area (TPSA) is 62.1 Å². The summed E-state index contributed by atoms with van der Waals surface area (Å²) in [7, 11) is 1.59. The fourth-order valence-electron chi connectivity index (χ4n) is 1.97. The lowest BCUT2D eigenvalue weighted by molar-refractivity contribution is -0.112. The summed E-state index contributed by atoms with van der Waals surface area (Å²) < 4.78 is 5.14. The largest absolute Gasteiger partial charge is 0.497 e. The quantitative estimate of drug-likeness (QED) is 0.676. The zero-order valence-corrected chi connectivity index (χ0v) is 13.5. The zero-order chi connectivity index (χ0) is 16.8. The summed E-state index contributed by atoms with van der Waals surface area (Å²) in [6, 6.07) is 14.0. The minimum absolute atomic E-state index is 0.0215. The van der Waals surface area contributed by atoms with Crippen molar-refractivity contribution in [2.24, 2.45) is 0 Å². The maximum atomic E-state index is 12.2. The van der Waals surface area contributed by atoms with Crippen LogP contribution in [-0.4, -0.2) is 13.0 Å². The summed E-state index contributed by atoms with van der Waals surface area (Å²) in [5, 5.41) is 12.5. The van der Waals surface area contributed by atoms with E-state index in [-0.39, 0.29) is 5.57 Å². The van der Waals surface area contributed by atoms with Gasteiger partial charge in [-0.3, -0.25) is 4.79 Å². The number of nitriles is 1. The van der Waals surface area contributed by atoms with Gasteiger partial charge in [-0.25, -0.2) is 0 Å². The Kier molecular flexibility index (Phi) is 5.40. The molecule has 0 aliphatic carbocycles. The van der Waals surface area contributed by atoms with E-state index in [9.17, 15) is 10.1 Å². The normalized spacial score (nSPS) is 10.8. The second-order valence-electron chi connectivity index (χ2n) is 4.85. The first kappa shape index (κ1) is 16.6. The van der Waals surface area contributed by atoms with Gasteiger partial charge in [0.2, 0.25) is 0 Å². The predicted octanol–water partition coefficient (Wildman–Crippen LogP) is 4.20. The molecular weight excluding hydrogens is 312 g/mol. The van der Waals surface area contributed by atoms with Crippen LogP contribution in [0.5, 0.6) is 5.75 Å². The maximum absolute atomic E-state index is 12.2. The molecule has 0 saturated heterocycles. The van der Waals surface area contributed by atoms with Crippen LogP contribution in [0.3, 0.4) is 0 Å². The van der Waals surface area contributed by atoms with Gasteiger partial charge in [0.25, 0.3) is 5.91 Å². The SMILES string of the molecule is COc1ccc(/C=C(\C#N)C(=O)Nc2ccc(Cl)cc2)c(C)c1. The molecule has 23 heavy (non-hydrogen) atoms. The van der Waals surface area contributed by atoms with Gasteiger partial charge in [0.05, 0.1) is 7.11 Å². The summed E-state index contributed by atoms with van der Waals surface area (Å²) in [4.78, 5) is 12.2. The summed E-state index contributed by atoms with van der Waals surface area (Å²) >= 11 is 5.80. The Morgan fingerprint density at radius 3 is 2.52 bits per heavy atom. The molecule has 2 aromatic rings. The molecule has 116 valence electrons. The number of amides is 1. The van der Waals surface area contributed by atoms with Crippen molar-refractivity contribution in [3.63, 3.8) is 0 Å². The third-order valence-corrected chi connectivity index (χ3v) is 3.50. The number of anilines is 1. The van der Waals surface area contributed by atoms with Gasteiger partial charge in [0, 0.05) is 10.7 Å². The third-order valence-electron chi connectivity index (χ3n) is 3.24. The Labute approximate surface area is 140 Å². The number of hydrogen-bond acceptors (Lipinski definition) is 3. The third kappa shape index (κ3) is 4.35. The van der Waals surface area contributed by atoms with Crippen molar-refractivity contribution in [3.8, 4) is 11.8 Å². The van der Waals surface area contributed by atoms with E-state index in [1.165, 1.54) is 0 Å². The van der Waals surface area contributed by atoms with E-state index in [0.717, 1.165) is 16.9 Å². The molecule has 2 aromatic carbocycles. The summed E-state index contributed by atoms with van der Waals surface area (Å²) in [5.41, 5.74) is 2.30. The molecule has 0 aromatic heterocycles. The van der Waals surface area contributed by atoms with Gasteiger partial charge >= 0.3 is 0 Å². The molecule has 1 N–H and O–H groups in total. The molecule has 0 spiro atoms. The molecule has 5 heteroatoms. The molecule has 0 saturated carbocycles.